The van der Waals surface area contributed by atoms with Crippen molar-refractivity contribution < 1.29 is 30.0 Å². The van der Waals surface area contributed by atoms with Crippen LogP contribution in [0.25, 0.3) is 64.6 Å². The first kappa shape index (κ1) is 25.0. The number of ketones is 1. The Morgan fingerprint density at radius 1 is 0.838 bits per heavy atom. The molecule has 0 spiro atoms. The molecule has 183 valence electrons. The predicted octanol–water partition coefficient (Wildman–Crippen LogP) is 8.75. The number of pyridine rings is 1. The first-order chi connectivity index (χ1) is 17.5. The molecule has 1 radical (unpaired) electrons. The van der Waals surface area contributed by atoms with E-state index >= 15 is 0 Å². The average molecular weight is 677 g/mol. The van der Waals surface area contributed by atoms with E-state index in [2.05, 4.69) is 91.0 Å². The minimum atomic E-state index is -0.125. The van der Waals surface area contributed by atoms with Crippen LogP contribution in [0.5, 0.6) is 0 Å². The van der Waals surface area contributed by atoms with E-state index in [9.17, 15) is 4.79 Å². The molecule has 0 amide bonds. The summed E-state index contributed by atoms with van der Waals surface area (Å²) in [5.74, 6) is -0.0625. The fraction of sp³-hybridized carbons (Fsp3) is 0.0625. The van der Waals surface area contributed by atoms with Crippen LogP contribution in [0.2, 0.25) is 0 Å². The van der Waals surface area contributed by atoms with Crippen molar-refractivity contribution in [2.24, 2.45) is 0 Å². The van der Waals surface area contributed by atoms with Crippen LogP contribution in [-0.4, -0.2) is 15.9 Å². The van der Waals surface area contributed by atoms with Crippen molar-refractivity contribution in [3.05, 3.63) is 103 Å². The summed E-state index contributed by atoms with van der Waals surface area (Å²) in [4.78, 5) is 15.0. The molecule has 0 aliphatic heterocycles. The van der Waals surface area contributed by atoms with Gasteiger partial charge in [-0.2, -0.15) is 11.3 Å². The van der Waals surface area contributed by atoms with Gasteiger partial charge < -0.3 is 5.11 Å². The number of nitrogens with zero attached hydrogens (tertiary/aromatic N) is 1. The Labute approximate surface area is 232 Å². The summed E-state index contributed by atoms with van der Waals surface area (Å²) in [5, 5.41) is 12.2. The summed E-state index contributed by atoms with van der Waals surface area (Å²) >= 11 is 1.84. The van der Waals surface area contributed by atoms with E-state index in [-0.39, 0.29) is 31.6 Å². The molecule has 2 aromatic heterocycles. The van der Waals surface area contributed by atoms with Gasteiger partial charge in [0.15, 0.2) is 5.78 Å². The number of thiophene rings is 1. The summed E-state index contributed by atoms with van der Waals surface area (Å²) in [5.41, 5.74) is 8.26. The van der Waals surface area contributed by atoms with Crippen molar-refractivity contribution in [3.8, 4) is 33.5 Å². The van der Waals surface area contributed by atoms with E-state index in [1.807, 2.05) is 11.3 Å². The third-order valence-electron chi connectivity index (χ3n) is 6.34. The molecule has 2 heterocycles. The Balaban J connectivity index is 0.000000313. The topological polar surface area (TPSA) is 50.2 Å². The van der Waals surface area contributed by atoms with Gasteiger partial charge in [0, 0.05) is 36.3 Å². The van der Waals surface area contributed by atoms with Gasteiger partial charge in [0.1, 0.15) is 0 Å². The van der Waals surface area contributed by atoms with E-state index in [1.165, 1.54) is 67.7 Å². The Bertz CT molecular complexity index is 1850. The zero-order valence-electron chi connectivity index (χ0n) is 20.2. The van der Waals surface area contributed by atoms with Crippen LogP contribution in [0, 0.1) is 6.07 Å². The van der Waals surface area contributed by atoms with Gasteiger partial charge in [-0.25, -0.2) is 0 Å². The molecule has 6 aromatic rings. The number of hydrogen-bond donors (Lipinski definition) is 1. The number of rotatable bonds is 2. The Hall–Kier alpha value is -3.63. The number of fused-ring (bicyclic) bond motifs is 6. The second-order valence-electron chi connectivity index (χ2n) is 8.92. The maximum atomic E-state index is 10.0. The van der Waals surface area contributed by atoms with Crippen LogP contribution in [0.3, 0.4) is 0 Å². The first-order valence-electron chi connectivity index (χ1n) is 11.7. The van der Waals surface area contributed by atoms with Crippen molar-refractivity contribution in [3.63, 3.8) is 0 Å². The van der Waals surface area contributed by atoms with Crippen LogP contribution >= 0.6 is 11.3 Å². The van der Waals surface area contributed by atoms with Gasteiger partial charge in [-0.15, -0.1) is 23.8 Å². The second kappa shape index (κ2) is 10.0. The number of aliphatic hydroxyl groups is 1. The third kappa shape index (κ3) is 4.51. The summed E-state index contributed by atoms with van der Waals surface area (Å²) in [6.45, 7) is 2.85. The quantitative estimate of drug-likeness (QED) is 0.113. The number of allylic oxidation sites excluding steroid dienone is 2. The molecule has 5 heteroatoms. The molecule has 1 N–H and O–H groups in total. The number of aromatic nitrogens is 1. The molecule has 7 rings (SSSR count). The fourth-order valence-corrected chi connectivity index (χ4v) is 6.05. The standard InChI is InChI=1S/C27H14NS.C5H8O2.Ir/c1-2-7-18-17(6-1)21-9-5-10-23-27(21)22(18)15-24(28-23)16-12-13-20-19-8-3-4-11-25(19)29-26(20)14-16;1-4(6)3-5(2)7;/h1-11,13-15H;3,6H,1-2H3;/q-1;;. The third-order valence-corrected chi connectivity index (χ3v) is 7.47. The molecule has 0 saturated heterocycles. The molecule has 0 atom stereocenters. The fourth-order valence-electron chi connectivity index (χ4n) is 4.92. The zero-order valence-corrected chi connectivity index (χ0v) is 23.4. The number of benzene rings is 4. The predicted molar refractivity (Wildman–Crippen MR) is 150 cm³/mol. The molecule has 0 bridgehead atoms. The van der Waals surface area contributed by atoms with Crippen LogP contribution in [0.1, 0.15) is 13.8 Å². The number of carbonyl (C=O) groups excluding carboxylic acids is 1. The van der Waals surface area contributed by atoms with Crippen molar-refractivity contribution in [2.45, 2.75) is 13.8 Å². The maximum Gasteiger partial charge on any atom is 0.155 e. The maximum absolute atomic E-state index is 10.0. The Morgan fingerprint density at radius 2 is 1.54 bits per heavy atom. The Morgan fingerprint density at radius 3 is 2.27 bits per heavy atom. The molecule has 1 aliphatic rings. The molecular weight excluding hydrogens is 655 g/mol. The molecular formula is C32H22IrNO2S-. The summed E-state index contributed by atoms with van der Waals surface area (Å²) in [7, 11) is 0. The minimum Gasteiger partial charge on any atom is -0.512 e. The largest absolute Gasteiger partial charge is 0.512 e. The van der Waals surface area contributed by atoms with Crippen molar-refractivity contribution in [2.75, 3.05) is 0 Å². The van der Waals surface area contributed by atoms with Crippen molar-refractivity contribution in [1.29, 1.82) is 0 Å². The van der Waals surface area contributed by atoms with Crippen LogP contribution in [0.15, 0.2) is 96.8 Å². The number of carbonyl (C=O) groups is 1. The number of aliphatic hydroxyl groups excluding tert-OH is 1. The summed E-state index contributed by atoms with van der Waals surface area (Å²) in [6, 6.07) is 33.8. The molecule has 0 saturated carbocycles. The van der Waals surface area contributed by atoms with Crippen molar-refractivity contribution in [1.82, 2.24) is 4.98 Å². The monoisotopic (exact) mass is 677 g/mol. The molecule has 4 aromatic carbocycles. The molecule has 3 nitrogen and oxygen atoms in total. The van der Waals surface area contributed by atoms with E-state index in [0.29, 0.717) is 0 Å². The summed E-state index contributed by atoms with van der Waals surface area (Å²) < 4.78 is 2.60. The van der Waals surface area contributed by atoms with Gasteiger partial charge in [0.25, 0.3) is 0 Å². The number of hydrogen-bond acceptors (Lipinski definition) is 4. The van der Waals surface area contributed by atoms with E-state index in [4.69, 9.17) is 10.1 Å². The van der Waals surface area contributed by atoms with Crippen LogP contribution < -0.4 is 0 Å². The van der Waals surface area contributed by atoms with Gasteiger partial charge in [0.2, 0.25) is 0 Å². The molecule has 1 aliphatic carbocycles. The molecule has 0 fully saturated rings. The molecule has 37 heavy (non-hydrogen) atoms. The van der Waals surface area contributed by atoms with Crippen LogP contribution in [0.4, 0.5) is 0 Å². The normalized spacial score (nSPS) is 11.7. The van der Waals surface area contributed by atoms with Gasteiger partial charge in [-0.1, -0.05) is 66.0 Å². The first-order valence-corrected chi connectivity index (χ1v) is 12.6. The van der Waals surface area contributed by atoms with Gasteiger partial charge in [0.05, 0.1) is 11.3 Å². The van der Waals surface area contributed by atoms with Crippen LogP contribution in [-0.2, 0) is 24.9 Å². The van der Waals surface area contributed by atoms with E-state index < -0.39 is 0 Å². The SMILES string of the molecule is CC(=O)C=C(C)O.[Ir].[c-]1cc2c(cc1-c1cc3c4c(cccc4n1)-c1ccccc1-3)sc1ccccc12. The summed E-state index contributed by atoms with van der Waals surface area (Å²) in [6.07, 6.45) is 1.17. The van der Waals surface area contributed by atoms with E-state index in [1.54, 1.807) is 0 Å². The average Bonchev–Trinajstić information content (AvgIpc) is 3.40. The Kier molecular flexibility index (Phi) is 6.78. The smallest absolute Gasteiger partial charge is 0.155 e. The van der Waals surface area contributed by atoms with Crippen molar-refractivity contribution >= 4 is 48.2 Å². The zero-order chi connectivity index (χ0) is 24.8. The van der Waals surface area contributed by atoms with Gasteiger partial charge >= 0.3 is 0 Å². The van der Waals surface area contributed by atoms with E-state index in [0.717, 1.165) is 16.8 Å². The van der Waals surface area contributed by atoms with Gasteiger partial charge in [-0.3, -0.25) is 9.78 Å². The minimum absolute atomic E-state index is 0. The molecule has 0 unspecified atom stereocenters. The second-order valence-corrected chi connectivity index (χ2v) is 10.0. The van der Waals surface area contributed by atoms with Gasteiger partial charge in [-0.05, 0) is 64.0 Å².